The number of hydrogen-bond donors (Lipinski definition) is 0. The van der Waals surface area contributed by atoms with Gasteiger partial charge in [0.15, 0.2) is 5.78 Å². The molecule has 1 fully saturated rings. The van der Waals surface area contributed by atoms with Gasteiger partial charge in [-0.3, -0.25) is 9.59 Å². The number of benzene rings is 3. The number of ketones is 1. The van der Waals surface area contributed by atoms with Gasteiger partial charge in [0.1, 0.15) is 5.82 Å². The second kappa shape index (κ2) is 14.9. The van der Waals surface area contributed by atoms with E-state index in [1.807, 2.05) is 55.3 Å². The lowest BCUT2D eigenvalue weighted by molar-refractivity contribution is -0.119. The summed E-state index contributed by atoms with van der Waals surface area (Å²) in [7, 11) is 2.06. The Kier molecular flexibility index (Phi) is 10.3. The minimum absolute atomic E-state index is 0.0474. The van der Waals surface area contributed by atoms with Crippen molar-refractivity contribution < 1.29 is 9.59 Å². The maximum Gasteiger partial charge on any atom is 0.226 e. The highest BCUT2D eigenvalue weighted by molar-refractivity contribution is 6.11. The normalized spacial score (nSPS) is 16.8. The van der Waals surface area contributed by atoms with Gasteiger partial charge in [-0.05, 0) is 62.8 Å². The van der Waals surface area contributed by atoms with E-state index in [1.165, 1.54) is 11.3 Å². The van der Waals surface area contributed by atoms with E-state index < -0.39 is 0 Å². The number of imidazole rings is 1. The molecule has 1 aliphatic carbocycles. The fraction of sp³-hybridized carbons (Fsp3) is 0.375. The molecule has 1 amide bonds. The molecular weight excluding hydrogens is 582 g/mol. The quantitative estimate of drug-likeness (QED) is 0.181. The van der Waals surface area contributed by atoms with Gasteiger partial charge < -0.3 is 18.9 Å². The molecule has 1 saturated heterocycles. The smallest absolute Gasteiger partial charge is 0.226 e. The monoisotopic (exact) mass is 629 g/mol. The third kappa shape index (κ3) is 7.25. The molecule has 47 heavy (non-hydrogen) atoms. The van der Waals surface area contributed by atoms with Crippen LogP contribution in [0.1, 0.15) is 60.0 Å². The summed E-state index contributed by atoms with van der Waals surface area (Å²) in [5.74, 6) is 1.53. The van der Waals surface area contributed by atoms with Gasteiger partial charge >= 0.3 is 0 Å². The zero-order valence-electron chi connectivity index (χ0n) is 28.0. The lowest BCUT2D eigenvalue weighted by atomic mass is 9.85. The number of amides is 1. The molecule has 1 unspecified atom stereocenters. The number of piperidine rings is 1. The van der Waals surface area contributed by atoms with Crippen LogP contribution in [0.2, 0.25) is 0 Å². The molecule has 1 aliphatic heterocycles. The molecule has 3 heterocycles. The zero-order valence-corrected chi connectivity index (χ0v) is 28.0. The van der Waals surface area contributed by atoms with Crippen molar-refractivity contribution in [3.05, 3.63) is 120 Å². The zero-order chi connectivity index (χ0) is 32.8. The molecule has 3 aromatic carbocycles. The van der Waals surface area contributed by atoms with Crippen LogP contribution in [-0.2, 0) is 31.2 Å². The fourth-order valence-electron chi connectivity index (χ4n) is 7.32. The molecule has 1 atom stereocenters. The van der Waals surface area contributed by atoms with Gasteiger partial charge in [-0.15, -0.1) is 0 Å². The van der Waals surface area contributed by atoms with Crippen molar-refractivity contribution in [3.8, 4) is 0 Å². The molecule has 7 nitrogen and oxygen atoms in total. The molecule has 2 aromatic heterocycles. The van der Waals surface area contributed by atoms with Crippen LogP contribution in [-0.4, -0.2) is 56.4 Å². The number of fused-ring (bicyclic) bond motifs is 3. The molecule has 0 saturated carbocycles. The Balaban J connectivity index is 0.000000165. The van der Waals surface area contributed by atoms with Gasteiger partial charge in [-0.2, -0.15) is 0 Å². The van der Waals surface area contributed by atoms with E-state index in [0.717, 1.165) is 86.3 Å². The second-order valence-electron chi connectivity index (χ2n) is 12.9. The van der Waals surface area contributed by atoms with Crippen molar-refractivity contribution >= 4 is 28.3 Å². The number of hydrogen-bond acceptors (Lipinski definition) is 4. The van der Waals surface area contributed by atoms with E-state index in [-0.39, 0.29) is 17.6 Å². The van der Waals surface area contributed by atoms with Crippen molar-refractivity contribution in [2.45, 2.75) is 65.0 Å². The molecule has 7 heteroatoms. The number of aromatic nitrogens is 3. The summed E-state index contributed by atoms with van der Waals surface area (Å²) in [6, 6.07) is 29.3. The van der Waals surface area contributed by atoms with Gasteiger partial charge in [-0.1, -0.05) is 73.7 Å². The standard InChI is InChI=1S/C22H28N2O.C18H19N3O/c1-2-22(25)24(20-11-7-4-8-12-20)21-14-17-23(18-15-21)16-13-19-9-5-3-6-10-19;1-12-19-9-10-21(12)11-13-7-8-16-17(18(13)22)14-5-3-4-6-15(14)20(16)2/h3-12,21H,2,13-18H2,1H3;3-6,9-10,13H,7-8,11H2,1-2H3. The summed E-state index contributed by atoms with van der Waals surface area (Å²) in [6.45, 7) is 7.90. The van der Waals surface area contributed by atoms with Gasteiger partial charge in [-0.25, -0.2) is 4.98 Å². The Labute approximate surface area is 278 Å². The molecule has 244 valence electrons. The van der Waals surface area contributed by atoms with Crippen molar-refractivity contribution in [1.82, 2.24) is 19.0 Å². The first-order valence-corrected chi connectivity index (χ1v) is 17.2. The van der Waals surface area contributed by atoms with Crippen molar-refractivity contribution in [2.24, 2.45) is 13.0 Å². The minimum atomic E-state index is 0.0474. The van der Waals surface area contributed by atoms with E-state index in [4.69, 9.17) is 0 Å². The van der Waals surface area contributed by atoms with Gasteiger partial charge in [0.05, 0.1) is 0 Å². The third-order valence-corrected chi connectivity index (χ3v) is 10.0. The SMILES string of the molecule is CCC(=O)N(c1ccccc1)C1CCN(CCc2ccccc2)CC1.Cc1nccn1CC1CCc2c(c3ccccc3n2C)C1=O. The number of anilines is 1. The van der Waals surface area contributed by atoms with E-state index in [9.17, 15) is 9.59 Å². The van der Waals surface area contributed by atoms with E-state index >= 15 is 0 Å². The Morgan fingerprint density at radius 1 is 0.915 bits per heavy atom. The van der Waals surface area contributed by atoms with Crippen LogP contribution in [0.25, 0.3) is 10.9 Å². The highest BCUT2D eigenvalue weighted by Gasteiger charge is 2.32. The van der Waals surface area contributed by atoms with Crippen LogP contribution < -0.4 is 4.90 Å². The van der Waals surface area contributed by atoms with Crippen LogP contribution in [0, 0.1) is 12.8 Å². The molecule has 0 radical (unpaired) electrons. The topological polar surface area (TPSA) is 63.4 Å². The van der Waals surface area contributed by atoms with E-state index in [0.29, 0.717) is 12.5 Å². The maximum absolute atomic E-state index is 13.0. The minimum Gasteiger partial charge on any atom is -0.347 e. The number of likely N-dealkylation sites (tertiary alicyclic amines) is 1. The predicted octanol–water partition coefficient (Wildman–Crippen LogP) is 7.27. The number of aryl methyl sites for hydroxylation is 2. The molecular formula is C40H47N5O2. The van der Waals surface area contributed by atoms with Crippen LogP contribution >= 0.6 is 0 Å². The Morgan fingerprint density at radius 2 is 1.60 bits per heavy atom. The summed E-state index contributed by atoms with van der Waals surface area (Å²) < 4.78 is 4.26. The highest BCUT2D eigenvalue weighted by atomic mass is 16.2. The maximum atomic E-state index is 13.0. The average molecular weight is 630 g/mol. The summed E-state index contributed by atoms with van der Waals surface area (Å²) in [4.78, 5) is 34.4. The van der Waals surface area contributed by atoms with E-state index in [2.05, 4.69) is 80.7 Å². The van der Waals surface area contributed by atoms with Gasteiger partial charge in [0.25, 0.3) is 0 Å². The average Bonchev–Trinajstić information content (AvgIpc) is 3.66. The first-order valence-electron chi connectivity index (χ1n) is 17.2. The lowest BCUT2D eigenvalue weighted by Crippen LogP contribution is -2.47. The molecule has 0 N–H and O–H groups in total. The number of carbonyl (C=O) groups is 2. The predicted molar refractivity (Wildman–Crippen MR) is 190 cm³/mol. The number of para-hydroxylation sites is 2. The molecule has 2 aliphatic rings. The van der Waals surface area contributed by atoms with Crippen molar-refractivity contribution in [3.63, 3.8) is 0 Å². The lowest BCUT2D eigenvalue weighted by Gasteiger charge is -2.38. The molecule has 7 rings (SSSR count). The summed E-state index contributed by atoms with van der Waals surface area (Å²) in [5.41, 5.74) is 5.71. The van der Waals surface area contributed by atoms with Crippen LogP contribution in [0.5, 0.6) is 0 Å². The summed E-state index contributed by atoms with van der Waals surface area (Å²) in [5, 5.41) is 1.09. The highest BCUT2D eigenvalue weighted by Crippen LogP contribution is 2.34. The summed E-state index contributed by atoms with van der Waals surface area (Å²) >= 11 is 0. The largest absolute Gasteiger partial charge is 0.347 e. The van der Waals surface area contributed by atoms with Gasteiger partial charge in [0.2, 0.25) is 5.91 Å². The number of carbonyl (C=O) groups excluding carboxylic acids is 2. The first kappa shape index (κ1) is 32.5. The van der Waals surface area contributed by atoms with Crippen LogP contribution in [0.4, 0.5) is 5.69 Å². The van der Waals surface area contributed by atoms with Crippen LogP contribution in [0.3, 0.4) is 0 Å². The first-order chi connectivity index (χ1) is 22.9. The Morgan fingerprint density at radius 3 is 2.28 bits per heavy atom. The molecule has 0 spiro atoms. The Hall–Kier alpha value is -4.49. The Bertz CT molecular complexity index is 1780. The molecule has 0 bridgehead atoms. The molecule has 5 aromatic rings. The van der Waals surface area contributed by atoms with Crippen molar-refractivity contribution in [2.75, 3.05) is 24.5 Å². The number of rotatable bonds is 8. The van der Waals surface area contributed by atoms with Gasteiger partial charge in [0, 0.05) is 91.8 Å². The van der Waals surface area contributed by atoms with Crippen LogP contribution in [0.15, 0.2) is 97.3 Å². The fourth-order valence-corrected chi connectivity index (χ4v) is 7.32. The number of Topliss-reactive ketones (excluding diaryl/α,β-unsaturated/α-hetero) is 1. The van der Waals surface area contributed by atoms with E-state index in [1.54, 1.807) is 6.20 Å². The summed E-state index contributed by atoms with van der Waals surface area (Å²) in [6.07, 6.45) is 9.39. The van der Waals surface area contributed by atoms with Crippen molar-refractivity contribution in [1.29, 1.82) is 0 Å². The third-order valence-electron chi connectivity index (χ3n) is 10.0. The number of nitrogens with zero attached hydrogens (tertiary/aromatic N) is 5. The second-order valence-corrected chi connectivity index (χ2v) is 12.9.